The largest absolute Gasteiger partial charge is 0.374 e. The first kappa shape index (κ1) is 14.4. The summed E-state index contributed by atoms with van der Waals surface area (Å²) in [5, 5.41) is 10.8. The molecule has 2 atom stereocenters. The molecule has 0 bridgehead atoms. The zero-order valence-corrected chi connectivity index (χ0v) is 13.2. The van der Waals surface area contributed by atoms with Crippen LogP contribution in [-0.2, 0) is 4.74 Å². The Balaban J connectivity index is 1.65. The number of amides is 1. The van der Waals surface area contributed by atoms with Crippen molar-refractivity contribution in [3.63, 3.8) is 0 Å². The summed E-state index contributed by atoms with van der Waals surface area (Å²) >= 11 is 0. The van der Waals surface area contributed by atoms with E-state index < -0.39 is 0 Å². The molecule has 2 aromatic heterocycles. The van der Waals surface area contributed by atoms with E-state index in [0.717, 1.165) is 24.4 Å². The van der Waals surface area contributed by atoms with Gasteiger partial charge in [0.25, 0.3) is 11.8 Å². The lowest BCUT2D eigenvalue weighted by Gasteiger charge is -2.37. The number of nitrogens with zero attached hydrogens (tertiary/aromatic N) is 4. The van der Waals surface area contributed by atoms with Gasteiger partial charge in [-0.15, -0.1) is 0 Å². The molecule has 1 aliphatic heterocycles. The molecular formula is C15H19N5O3. The average Bonchev–Trinajstić information content (AvgIpc) is 3.12. The first-order valence-electron chi connectivity index (χ1n) is 7.91. The van der Waals surface area contributed by atoms with Crippen molar-refractivity contribution in [2.75, 3.05) is 13.2 Å². The molecule has 122 valence electrons. The summed E-state index contributed by atoms with van der Waals surface area (Å²) in [6.07, 6.45) is 3.56. The van der Waals surface area contributed by atoms with E-state index in [-0.39, 0.29) is 18.1 Å². The Bertz CT molecular complexity index is 720. The van der Waals surface area contributed by atoms with Crippen molar-refractivity contribution in [2.24, 2.45) is 0 Å². The monoisotopic (exact) mass is 317 g/mol. The maximum Gasteiger partial charge on any atom is 0.258 e. The summed E-state index contributed by atoms with van der Waals surface area (Å²) in [6, 6.07) is -0.370. The molecule has 8 heteroatoms. The van der Waals surface area contributed by atoms with Crippen LogP contribution in [0.3, 0.4) is 0 Å². The first-order chi connectivity index (χ1) is 11.1. The summed E-state index contributed by atoms with van der Waals surface area (Å²) in [5.74, 6) is 1.51. The zero-order valence-electron chi connectivity index (χ0n) is 13.2. The quantitative estimate of drug-likeness (QED) is 0.923. The topological polar surface area (TPSA) is 97.1 Å². The van der Waals surface area contributed by atoms with Crippen molar-refractivity contribution in [2.45, 2.75) is 44.8 Å². The maximum absolute atomic E-state index is 12.9. The number of ether oxygens (including phenoxy) is 1. The Morgan fingerprint density at radius 2 is 2.26 bits per heavy atom. The number of carbonyl (C=O) groups excluding carboxylic acids is 1. The van der Waals surface area contributed by atoms with Crippen LogP contribution < -0.4 is 0 Å². The van der Waals surface area contributed by atoms with E-state index in [1.807, 2.05) is 13.8 Å². The lowest BCUT2D eigenvalue weighted by Crippen LogP contribution is -2.47. The highest BCUT2D eigenvalue weighted by atomic mass is 16.5. The summed E-state index contributed by atoms with van der Waals surface area (Å²) in [7, 11) is 0. The van der Waals surface area contributed by atoms with E-state index in [4.69, 9.17) is 9.26 Å². The molecule has 2 fully saturated rings. The Kier molecular flexibility index (Phi) is 3.41. The van der Waals surface area contributed by atoms with Gasteiger partial charge in [-0.3, -0.25) is 9.89 Å². The van der Waals surface area contributed by atoms with Crippen molar-refractivity contribution in [3.05, 3.63) is 29.2 Å². The number of aromatic nitrogens is 4. The van der Waals surface area contributed by atoms with Crippen molar-refractivity contribution >= 4 is 5.91 Å². The van der Waals surface area contributed by atoms with E-state index in [1.54, 1.807) is 11.1 Å². The number of rotatable bonds is 3. The van der Waals surface area contributed by atoms with Crippen LogP contribution in [0.1, 0.15) is 59.5 Å². The van der Waals surface area contributed by atoms with Gasteiger partial charge in [-0.2, -0.15) is 10.1 Å². The van der Waals surface area contributed by atoms with Gasteiger partial charge in [-0.25, -0.2) is 0 Å². The molecule has 2 aliphatic rings. The molecule has 2 aromatic rings. The minimum atomic E-state index is -0.370. The van der Waals surface area contributed by atoms with Crippen LogP contribution in [0.5, 0.6) is 0 Å². The van der Waals surface area contributed by atoms with Gasteiger partial charge < -0.3 is 14.2 Å². The molecule has 23 heavy (non-hydrogen) atoms. The standard InChI is InChI=1S/C15H19N5O3/c1-8-11(7-16-18-8)15(21)20-5-6-22-9(2)12(20)14-17-13(19-23-14)10-3-4-10/h7,9-10,12H,3-6H2,1-2H3,(H,16,18)/t9-,12+/m1/s1. The van der Waals surface area contributed by atoms with Gasteiger partial charge in [0.15, 0.2) is 5.82 Å². The number of H-pyrrole nitrogens is 1. The van der Waals surface area contributed by atoms with Gasteiger partial charge in [-0.05, 0) is 26.7 Å². The fraction of sp³-hybridized carbons (Fsp3) is 0.600. The van der Waals surface area contributed by atoms with Crippen molar-refractivity contribution in [3.8, 4) is 0 Å². The number of aromatic amines is 1. The normalized spacial score (nSPS) is 24.9. The third-order valence-corrected chi connectivity index (χ3v) is 4.47. The van der Waals surface area contributed by atoms with Crippen LogP contribution in [0, 0.1) is 6.92 Å². The van der Waals surface area contributed by atoms with Crippen molar-refractivity contribution < 1.29 is 14.1 Å². The van der Waals surface area contributed by atoms with Gasteiger partial charge in [0, 0.05) is 18.2 Å². The minimum absolute atomic E-state index is 0.0948. The Hall–Kier alpha value is -2.22. The van der Waals surface area contributed by atoms with Gasteiger partial charge in [0.2, 0.25) is 0 Å². The molecule has 1 saturated heterocycles. The van der Waals surface area contributed by atoms with Crippen LogP contribution in [0.15, 0.2) is 10.7 Å². The maximum atomic E-state index is 12.9. The summed E-state index contributed by atoms with van der Waals surface area (Å²) in [4.78, 5) is 19.1. The molecule has 3 heterocycles. The molecule has 0 radical (unpaired) electrons. The molecule has 1 aliphatic carbocycles. The van der Waals surface area contributed by atoms with Gasteiger partial charge in [-0.1, -0.05) is 5.16 Å². The minimum Gasteiger partial charge on any atom is -0.374 e. The summed E-state index contributed by atoms with van der Waals surface area (Å²) in [5.41, 5.74) is 1.31. The van der Waals surface area contributed by atoms with Crippen LogP contribution in [0.4, 0.5) is 0 Å². The summed E-state index contributed by atoms with van der Waals surface area (Å²) < 4.78 is 11.2. The van der Waals surface area contributed by atoms with Crippen LogP contribution in [0.25, 0.3) is 0 Å². The molecule has 0 spiro atoms. The Morgan fingerprint density at radius 3 is 2.96 bits per heavy atom. The SMILES string of the molecule is Cc1[nH]ncc1C(=O)N1CCO[C@H](C)[C@H]1c1nc(C2CC2)no1. The molecule has 1 saturated carbocycles. The highest BCUT2D eigenvalue weighted by molar-refractivity contribution is 5.95. The van der Waals surface area contributed by atoms with Crippen molar-refractivity contribution in [1.29, 1.82) is 0 Å². The fourth-order valence-corrected chi connectivity index (χ4v) is 2.98. The van der Waals surface area contributed by atoms with Crippen LogP contribution >= 0.6 is 0 Å². The van der Waals surface area contributed by atoms with E-state index in [9.17, 15) is 4.79 Å². The fourth-order valence-electron chi connectivity index (χ4n) is 2.98. The predicted molar refractivity (Wildman–Crippen MR) is 78.8 cm³/mol. The predicted octanol–water partition coefficient (Wildman–Crippen LogP) is 1.58. The average molecular weight is 317 g/mol. The smallest absolute Gasteiger partial charge is 0.258 e. The lowest BCUT2D eigenvalue weighted by molar-refractivity contribution is -0.0600. The number of morpholine rings is 1. The van der Waals surface area contributed by atoms with Crippen molar-refractivity contribution in [1.82, 2.24) is 25.2 Å². The molecule has 8 nitrogen and oxygen atoms in total. The highest BCUT2D eigenvalue weighted by Gasteiger charge is 2.40. The molecule has 0 unspecified atom stereocenters. The van der Waals surface area contributed by atoms with E-state index in [1.165, 1.54) is 0 Å². The Labute approximate surface area is 133 Å². The molecule has 1 N–H and O–H groups in total. The first-order valence-corrected chi connectivity index (χ1v) is 7.91. The lowest BCUT2D eigenvalue weighted by atomic mass is 10.1. The number of aryl methyl sites for hydroxylation is 1. The third-order valence-electron chi connectivity index (χ3n) is 4.47. The number of carbonyl (C=O) groups is 1. The van der Waals surface area contributed by atoms with E-state index in [2.05, 4.69) is 20.3 Å². The van der Waals surface area contributed by atoms with Gasteiger partial charge in [0.1, 0.15) is 6.04 Å². The molecule has 1 amide bonds. The van der Waals surface area contributed by atoms with Gasteiger partial charge >= 0.3 is 0 Å². The van der Waals surface area contributed by atoms with Crippen LogP contribution in [-0.4, -0.2) is 50.4 Å². The zero-order chi connectivity index (χ0) is 16.0. The second kappa shape index (κ2) is 5.45. The van der Waals surface area contributed by atoms with Crippen LogP contribution in [0.2, 0.25) is 0 Å². The molecule has 0 aromatic carbocycles. The number of hydrogen-bond acceptors (Lipinski definition) is 6. The molecule has 4 rings (SSSR count). The third kappa shape index (κ3) is 2.52. The summed E-state index contributed by atoms with van der Waals surface area (Å²) in [6.45, 7) is 4.73. The second-order valence-electron chi connectivity index (χ2n) is 6.19. The Morgan fingerprint density at radius 1 is 1.43 bits per heavy atom. The van der Waals surface area contributed by atoms with E-state index in [0.29, 0.717) is 30.5 Å². The number of hydrogen-bond donors (Lipinski definition) is 1. The highest BCUT2D eigenvalue weighted by Crippen LogP contribution is 2.39. The second-order valence-corrected chi connectivity index (χ2v) is 6.19. The number of nitrogens with one attached hydrogen (secondary N) is 1. The van der Waals surface area contributed by atoms with Gasteiger partial charge in [0.05, 0.1) is 24.5 Å². The van der Waals surface area contributed by atoms with E-state index >= 15 is 0 Å². The molecular weight excluding hydrogens is 298 g/mol.